The number of rotatable bonds is 6. The second kappa shape index (κ2) is 10.5. The molecule has 0 radical (unpaired) electrons. The van der Waals surface area contributed by atoms with Crippen LogP contribution in [0.25, 0.3) is 11.0 Å². The summed E-state index contributed by atoms with van der Waals surface area (Å²) in [5.74, 6) is 1.33. The minimum absolute atomic E-state index is 0.0278. The number of aromatic nitrogens is 2. The van der Waals surface area contributed by atoms with Crippen molar-refractivity contribution in [3.63, 3.8) is 0 Å². The van der Waals surface area contributed by atoms with Crippen molar-refractivity contribution in [3.8, 4) is 0 Å². The number of imidazole rings is 1. The summed E-state index contributed by atoms with van der Waals surface area (Å²) in [6.07, 6.45) is 9.37. The highest BCUT2D eigenvalue weighted by atomic mass is 16.2. The number of para-hydroxylation sites is 2. The molecule has 196 valence electrons. The van der Waals surface area contributed by atoms with Crippen LogP contribution in [0, 0.1) is 11.8 Å². The van der Waals surface area contributed by atoms with Gasteiger partial charge in [0.2, 0.25) is 5.91 Å². The molecule has 3 heterocycles. The number of amides is 2. The number of carbonyl (C=O) groups is 2. The maximum atomic E-state index is 14.0. The number of nitrogens with one attached hydrogen (secondary N) is 1. The van der Waals surface area contributed by atoms with Crippen molar-refractivity contribution in [2.75, 3.05) is 26.2 Å². The fraction of sp³-hybridized carbons (Fsp3) is 0.690. The molecule has 1 aromatic heterocycles. The Morgan fingerprint density at radius 2 is 1.81 bits per heavy atom. The first-order chi connectivity index (χ1) is 17.4. The summed E-state index contributed by atoms with van der Waals surface area (Å²) >= 11 is 0. The standard InChI is InChI=1S/C29H43N5O2/c1-21-12-10-14-23(22(21)2)31-28(36)29(3)20-33-25-15-7-6-13-24(25)30-26(33)27(35)34(29)19-11-18-32-16-8-4-5-9-17-32/h6-7,13,15,21-23H,4-5,8-12,14,16-20H2,1-3H3,(H,31,36)/t21-,22-,23+,29-/m1/s1. The lowest BCUT2D eigenvalue weighted by Gasteiger charge is -2.45. The van der Waals surface area contributed by atoms with Gasteiger partial charge in [0.05, 0.1) is 17.6 Å². The van der Waals surface area contributed by atoms with Gasteiger partial charge in [-0.3, -0.25) is 9.59 Å². The Labute approximate surface area is 215 Å². The molecule has 7 nitrogen and oxygen atoms in total. The largest absolute Gasteiger partial charge is 0.351 e. The summed E-state index contributed by atoms with van der Waals surface area (Å²) in [5.41, 5.74) is 0.778. The zero-order valence-electron chi connectivity index (χ0n) is 22.3. The Morgan fingerprint density at radius 3 is 2.58 bits per heavy atom. The van der Waals surface area contributed by atoms with Gasteiger partial charge < -0.3 is 19.7 Å². The molecule has 2 aromatic rings. The third kappa shape index (κ3) is 4.79. The molecule has 7 heteroatoms. The van der Waals surface area contributed by atoms with Crippen LogP contribution in [0.5, 0.6) is 0 Å². The van der Waals surface area contributed by atoms with E-state index in [0.717, 1.165) is 49.9 Å². The molecular formula is C29H43N5O2. The van der Waals surface area contributed by atoms with Gasteiger partial charge in [-0.05, 0) is 76.2 Å². The number of fused-ring (bicyclic) bond motifs is 3. The monoisotopic (exact) mass is 493 g/mol. The molecule has 4 atom stereocenters. The lowest BCUT2D eigenvalue weighted by atomic mass is 9.77. The second-order valence-corrected chi connectivity index (χ2v) is 11.7. The van der Waals surface area contributed by atoms with Gasteiger partial charge in [-0.1, -0.05) is 51.7 Å². The van der Waals surface area contributed by atoms with Gasteiger partial charge in [-0.25, -0.2) is 4.98 Å². The predicted molar refractivity (Wildman–Crippen MR) is 143 cm³/mol. The van der Waals surface area contributed by atoms with Gasteiger partial charge in [0.15, 0.2) is 5.82 Å². The molecule has 0 spiro atoms. The van der Waals surface area contributed by atoms with Crippen LogP contribution in [-0.2, 0) is 11.3 Å². The van der Waals surface area contributed by atoms with E-state index in [-0.39, 0.29) is 17.9 Å². The summed E-state index contributed by atoms with van der Waals surface area (Å²) in [6.45, 7) is 10.7. The first kappa shape index (κ1) is 25.2. The maximum Gasteiger partial charge on any atom is 0.290 e. The van der Waals surface area contributed by atoms with E-state index in [2.05, 4.69) is 29.0 Å². The van der Waals surface area contributed by atoms with Gasteiger partial charge in [0.25, 0.3) is 5.91 Å². The van der Waals surface area contributed by atoms with E-state index in [1.165, 1.54) is 32.1 Å². The molecular weight excluding hydrogens is 450 g/mol. The topological polar surface area (TPSA) is 70.5 Å². The fourth-order valence-corrected chi connectivity index (χ4v) is 6.60. The van der Waals surface area contributed by atoms with Gasteiger partial charge >= 0.3 is 0 Å². The smallest absolute Gasteiger partial charge is 0.290 e. The van der Waals surface area contributed by atoms with E-state index in [4.69, 9.17) is 0 Å². The molecule has 0 unspecified atom stereocenters. The maximum absolute atomic E-state index is 14.0. The van der Waals surface area contributed by atoms with Crippen molar-refractivity contribution in [1.29, 1.82) is 0 Å². The Balaban J connectivity index is 1.40. The first-order valence-corrected chi connectivity index (χ1v) is 14.2. The van der Waals surface area contributed by atoms with Gasteiger partial charge in [-0.15, -0.1) is 0 Å². The van der Waals surface area contributed by atoms with Gasteiger partial charge in [0, 0.05) is 12.6 Å². The average Bonchev–Trinajstić information content (AvgIpc) is 3.04. The van der Waals surface area contributed by atoms with Crippen molar-refractivity contribution < 1.29 is 9.59 Å². The van der Waals surface area contributed by atoms with E-state index < -0.39 is 5.54 Å². The number of benzene rings is 1. The van der Waals surface area contributed by atoms with Crippen molar-refractivity contribution in [2.24, 2.45) is 11.8 Å². The molecule has 5 rings (SSSR count). The molecule has 1 aliphatic carbocycles. The lowest BCUT2D eigenvalue weighted by Crippen LogP contribution is -2.66. The molecule has 3 aliphatic rings. The van der Waals surface area contributed by atoms with Crippen molar-refractivity contribution in [2.45, 2.75) is 90.3 Å². The summed E-state index contributed by atoms with van der Waals surface area (Å²) in [4.78, 5) is 37.0. The van der Waals surface area contributed by atoms with Crippen molar-refractivity contribution >= 4 is 22.8 Å². The quantitative estimate of drug-likeness (QED) is 0.645. The third-order valence-electron chi connectivity index (χ3n) is 9.22. The van der Waals surface area contributed by atoms with E-state index in [1.807, 2.05) is 40.7 Å². The zero-order valence-corrected chi connectivity index (χ0v) is 22.3. The highest BCUT2D eigenvalue weighted by Crippen LogP contribution is 2.33. The summed E-state index contributed by atoms with van der Waals surface area (Å²) in [5, 5.41) is 3.40. The van der Waals surface area contributed by atoms with Crippen LogP contribution in [0.3, 0.4) is 0 Å². The summed E-state index contributed by atoms with van der Waals surface area (Å²) < 4.78 is 1.97. The van der Waals surface area contributed by atoms with Crippen LogP contribution in [0.15, 0.2) is 24.3 Å². The van der Waals surface area contributed by atoms with E-state index in [1.54, 1.807) is 0 Å². The number of nitrogens with zero attached hydrogens (tertiary/aromatic N) is 4. The Bertz CT molecular complexity index is 1090. The third-order valence-corrected chi connectivity index (χ3v) is 9.22. The van der Waals surface area contributed by atoms with Gasteiger partial charge in [0.1, 0.15) is 5.54 Å². The Kier molecular flexibility index (Phi) is 7.38. The molecule has 1 saturated carbocycles. The SMILES string of the molecule is C[C@@H]1[C@H](C)CCC[C@@H]1NC(=O)[C@@]1(C)Cn2c(nc3ccccc32)C(=O)N1CCCN1CCCCCC1. The van der Waals surface area contributed by atoms with Crippen LogP contribution >= 0.6 is 0 Å². The highest BCUT2D eigenvalue weighted by molar-refractivity contribution is 6.01. The van der Waals surface area contributed by atoms with Crippen LogP contribution in [0.2, 0.25) is 0 Å². The number of carbonyl (C=O) groups excluding carboxylic acids is 2. The van der Waals surface area contributed by atoms with E-state index >= 15 is 0 Å². The second-order valence-electron chi connectivity index (χ2n) is 11.7. The fourth-order valence-electron chi connectivity index (χ4n) is 6.60. The van der Waals surface area contributed by atoms with Crippen molar-refractivity contribution in [1.82, 2.24) is 24.7 Å². The van der Waals surface area contributed by atoms with E-state index in [9.17, 15) is 9.59 Å². The normalized spacial score (nSPS) is 29.7. The zero-order chi connectivity index (χ0) is 25.3. The predicted octanol–water partition coefficient (Wildman–Crippen LogP) is 4.46. The van der Waals surface area contributed by atoms with E-state index in [0.29, 0.717) is 30.7 Å². The molecule has 0 bridgehead atoms. The minimum Gasteiger partial charge on any atom is -0.351 e. The average molecular weight is 494 g/mol. The first-order valence-electron chi connectivity index (χ1n) is 14.2. The van der Waals surface area contributed by atoms with Crippen LogP contribution in [0.4, 0.5) is 0 Å². The molecule has 2 fully saturated rings. The molecule has 2 amide bonds. The van der Waals surface area contributed by atoms with Crippen LogP contribution in [0.1, 0.15) is 82.8 Å². The summed E-state index contributed by atoms with van der Waals surface area (Å²) in [6, 6.07) is 8.02. The molecule has 1 aromatic carbocycles. The van der Waals surface area contributed by atoms with Gasteiger partial charge in [-0.2, -0.15) is 0 Å². The number of hydrogen-bond acceptors (Lipinski definition) is 4. The van der Waals surface area contributed by atoms with Crippen LogP contribution in [-0.4, -0.2) is 68.9 Å². The Hall–Kier alpha value is -2.41. The molecule has 1 N–H and O–H groups in total. The summed E-state index contributed by atoms with van der Waals surface area (Å²) in [7, 11) is 0. The molecule has 1 saturated heterocycles. The molecule has 2 aliphatic heterocycles. The number of hydrogen-bond donors (Lipinski definition) is 1. The van der Waals surface area contributed by atoms with Crippen molar-refractivity contribution in [3.05, 3.63) is 30.1 Å². The minimum atomic E-state index is -0.952. The van der Waals surface area contributed by atoms with Crippen LogP contribution < -0.4 is 5.32 Å². The number of likely N-dealkylation sites (tertiary alicyclic amines) is 1. The lowest BCUT2D eigenvalue weighted by molar-refractivity contribution is -0.134. The molecule has 36 heavy (non-hydrogen) atoms. The highest BCUT2D eigenvalue weighted by Gasteiger charge is 2.49. The Morgan fingerprint density at radius 1 is 1.06 bits per heavy atom.